The Morgan fingerprint density at radius 2 is 1.76 bits per heavy atom. The second kappa shape index (κ2) is 7.41. The Labute approximate surface area is 171 Å². The lowest BCUT2D eigenvalue weighted by Gasteiger charge is -2.19. The molecular weight excluding hydrogens is 392 g/mol. The summed E-state index contributed by atoms with van der Waals surface area (Å²) in [7, 11) is 2.09. The van der Waals surface area contributed by atoms with Crippen molar-refractivity contribution in [3.63, 3.8) is 0 Å². The Morgan fingerprint density at radius 3 is 2.38 bits per heavy atom. The first-order chi connectivity index (χ1) is 13.8. The number of carbonyl (C=O) groups is 4. The van der Waals surface area contributed by atoms with Crippen LogP contribution in [-0.4, -0.2) is 37.2 Å². The van der Waals surface area contributed by atoms with E-state index in [9.17, 15) is 19.2 Å². The van der Waals surface area contributed by atoms with Gasteiger partial charge in [0.05, 0.1) is 29.7 Å². The van der Waals surface area contributed by atoms with Crippen LogP contribution in [0.1, 0.15) is 44.0 Å². The third-order valence-corrected chi connectivity index (χ3v) is 6.41. The molecule has 3 heterocycles. The number of thiophene rings is 1. The second-order valence-corrected chi connectivity index (χ2v) is 8.44. The number of hydrogen-bond donors (Lipinski definition) is 3. The number of nitrogens with one attached hydrogen (secondary N) is 2. The van der Waals surface area contributed by atoms with E-state index in [1.54, 1.807) is 24.3 Å². The fourth-order valence-electron chi connectivity index (χ4n) is 3.77. The van der Waals surface area contributed by atoms with E-state index in [-0.39, 0.29) is 30.6 Å². The predicted octanol–water partition coefficient (Wildman–Crippen LogP) is 0.323. The fraction of sp³-hybridized carbons (Fsp3) is 0.300. The number of primary amides is 1. The van der Waals surface area contributed by atoms with Gasteiger partial charge in [-0.15, -0.1) is 11.3 Å². The predicted molar refractivity (Wildman–Crippen MR) is 108 cm³/mol. The summed E-state index contributed by atoms with van der Waals surface area (Å²) in [4.78, 5) is 52.0. The number of hydrogen-bond acceptors (Lipinski definition) is 5. The van der Waals surface area contributed by atoms with Crippen LogP contribution in [-0.2, 0) is 22.6 Å². The van der Waals surface area contributed by atoms with Crippen molar-refractivity contribution >= 4 is 45.7 Å². The third-order valence-electron chi connectivity index (χ3n) is 5.27. The van der Waals surface area contributed by atoms with Crippen LogP contribution in [0.5, 0.6) is 0 Å². The monoisotopic (exact) mass is 413 g/mol. The third kappa shape index (κ3) is 3.54. The van der Waals surface area contributed by atoms with E-state index < -0.39 is 5.91 Å². The summed E-state index contributed by atoms with van der Waals surface area (Å²) in [5.41, 5.74) is 7.73. The normalized spacial score (nSPS) is 18.7. The number of fused-ring (bicyclic) bond motifs is 1. The highest BCUT2D eigenvalue weighted by atomic mass is 32.1. The highest BCUT2D eigenvalue weighted by molar-refractivity contribution is 7.17. The zero-order valence-corrected chi connectivity index (χ0v) is 16.7. The zero-order chi connectivity index (χ0) is 20.7. The first-order valence-electron chi connectivity index (χ1n) is 9.38. The Morgan fingerprint density at radius 1 is 1.10 bits per heavy atom. The first kappa shape index (κ1) is 19.3. The molecule has 1 fully saturated rings. The van der Waals surface area contributed by atoms with E-state index in [1.807, 2.05) is 0 Å². The second-order valence-electron chi connectivity index (χ2n) is 7.33. The standard InChI is InChI=1S/C20H20N4O4S/c1-23-9-8-13-14(10-23)29-20(17(13)18(21)27)22-19(28)11-2-4-12(5-3-11)24-15(25)6-7-16(24)26/h2-5H,6-10H2,1H3,(H2,21,27)(H,22,28)/p+1. The molecule has 1 unspecified atom stereocenters. The summed E-state index contributed by atoms with van der Waals surface area (Å²) < 4.78 is 0. The molecule has 1 saturated heterocycles. The van der Waals surface area contributed by atoms with Crippen LogP contribution in [0.2, 0.25) is 0 Å². The number of nitrogens with zero attached hydrogens (tertiary/aromatic N) is 1. The number of quaternary nitrogens is 1. The highest BCUT2D eigenvalue weighted by Gasteiger charge is 2.31. The van der Waals surface area contributed by atoms with Gasteiger partial charge in [0, 0.05) is 24.8 Å². The van der Waals surface area contributed by atoms with Gasteiger partial charge in [-0.1, -0.05) is 0 Å². The molecule has 0 saturated carbocycles. The molecular formula is C20H21N4O4S+. The van der Waals surface area contributed by atoms with Crippen molar-refractivity contribution in [1.29, 1.82) is 0 Å². The van der Waals surface area contributed by atoms with Crippen LogP contribution in [0.25, 0.3) is 0 Å². The van der Waals surface area contributed by atoms with Crippen LogP contribution < -0.4 is 20.9 Å². The van der Waals surface area contributed by atoms with Crippen LogP contribution in [0.15, 0.2) is 24.3 Å². The number of carbonyl (C=O) groups excluding carboxylic acids is 4. The summed E-state index contributed by atoms with van der Waals surface area (Å²) in [5, 5.41) is 3.28. The van der Waals surface area contributed by atoms with Gasteiger partial charge in [-0.3, -0.25) is 24.1 Å². The number of imide groups is 1. The number of benzene rings is 1. The number of nitrogens with two attached hydrogens (primary N) is 1. The van der Waals surface area contributed by atoms with Gasteiger partial charge >= 0.3 is 0 Å². The molecule has 2 aromatic rings. The summed E-state index contributed by atoms with van der Waals surface area (Å²) >= 11 is 1.39. The quantitative estimate of drug-likeness (QED) is 0.627. The molecule has 4 rings (SSSR count). The van der Waals surface area contributed by atoms with Crippen LogP contribution in [0.4, 0.5) is 10.7 Å². The number of amides is 4. The zero-order valence-electron chi connectivity index (χ0n) is 15.9. The van der Waals surface area contributed by atoms with Gasteiger partial charge in [0.2, 0.25) is 11.8 Å². The van der Waals surface area contributed by atoms with Gasteiger partial charge in [-0.25, -0.2) is 0 Å². The molecule has 1 atom stereocenters. The Bertz CT molecular complexity index is 1010. The summed E-state index contributed by atoms with van der Waals surface area (Å²) in [6.07, 6.45) is 1.16. The summed E-state index contributed by atoms with van der Waals surface area (Å²) in [6, 6.07) is 6.25. The smallest absolute Gasteiger partial charge is 0.256 e. The van der Waals surface area contributed by atoms with Gasteiger partial charge < -0.3 is 16.0 Å². The van der Waals surface area contributed by atoms with E-state index in [0.717, 1.165) is 34.9 Å². The van der Waals surface area contributed by atoms with Crippen LogP contribution in [0, 0.1) is 0 Å². The van der Waals surface area contributed by atoms with Gasteiger partial charge in [-0.2, -0.15) is 0 Å². The minimum Gasteiger partial charge on any atom is -0.365 e. The van der Waals surface area contributed by atoms with Gasteiger partial charge in [0.1, 0.15) is 11.5 Å². The van der Waals surface area contributed by atoms with Crippen LogP contribution in [0.3, 0.4) is 0 Å². The van der Waals surface area contributed by atoms with Crippen molar-refractivity contribution in [2.24, 2.45) is 5.73 Å². The molecule has 0 aliphatic carbocycles. The maximum absolute atomic E-state index is 12.7. The Kier molecular flexibility index (Phi) is 4.93. The van der Waals surface area contributed by atoms with Crippen molar-refractivity contribution in [2.75, 3.05) is 23.8 Å². The lowest BCUT2D eigenvalue weighted by molar-refractivity contribution is -0.895. The molecule has 1 aromatic carbocycles. The fourth-order valence-corrected chi connectivity index (χ4v) is 5.13. The molecule has 0 spiro atoms. The van der Waals surface area contributed by atoms with Crippen molar-refractivity contribution in [3.05, 3.63) is 45.8 Å². The van der Waals surface area contributed by atoms with E-state index in [1.165, 1.54) is 16.2 Å². The first-order valence-corrected chi connectivity index (χ1v) is 10.2. The lowest BCUT2D eigenvalue weighted by atomic mass is 10.0. The minimum atomic E-state index is -0.543. The average molecular weight is 413 g/mol. The summed E-state index contributed by atoms with van der Waals surface area (Å²) in [5.74, 6) is -1.40. The van der Waals surface area contributed by atoms with Crippen molar-refractivity contribution in [1.82, 2.24) is 0 Å². The van der Waals surface area contributed by atoms with Gasteiger partial charge in [0.15, 0.2) is 0 Å². The maximum atomic E-state index is 12.7. The van der Waals surface area contributed by atoms with Crippen molar-refractivity contribution in [3.8, 4) is 0 Å². The molecule has 150 valence electrons. The van der Waals surface area contributed by atoms with E-state index in [4.69, 9.17) is 5.73 Å². The van der Waals surface area contributed by atoms with Crippen molar-refractivity contribution < 1.29 is 24.1 Å². The Balaban J connectivity index is 1.56. The molecule has 1 aromatic heterocycles. The van der Waals surface area contributed by atoms with E-state index >= 15 is 0 Å². The Hall–Kier alpha value is -3.04. The molecule has 9 heteroatoms. The molecule has 2 aliphatic rings. The van der Waals surface area contributed by atoms with Gasteiger partial charge in [-0.05, 0) is 29.8 Å². The number of rotatable bonds is 4. The molecule has 0 radical (unpaired) electrons. The lowest BCUT2D eigenvalue weighted by Crippen LogP contribution is -3.08. The van der Waals surface area contributed by atoms with Gasteiger partial charge in [0.25, 0.3) is 11.8 Å². The van der Waals surface area contributed by atoms with Crippen molar-refractivity contribution in [2.45, 2.75) is 25.8 Å². The summed E-state index contributed by atoms with van der Waals surface area (Å²) in [6.45, 7) is 1.70. The highest BCUT2D eigenvalue weighted by Crippen LogP contribution is 2.34. The molecule has 0 bridgehead atoms. The molecule has 2 aliphatic heterocycles. The molecule has 4 amide bonds. The molecule has 29 heavy (non-hydrogen) atoms. The number of likely N-dealkylation sites (N-methyl/N-ethyl adjacent to an activating group) is 1. The van der Waals surface area contributed by atoms with Crippen LogP contribution >= 0.6 is 11.3 Å². The largest absolute Gasteiger partial charge is 0.365 e. The maximum Gasteiger partial charge on any atom is 0.256 e. The van der Waals surface area contributed by atoms with E-state index in [0.29, 0.717) is 21.8 Å². The molecule has 4 N–H and O–H groups in total. The topological polar surface area (TPSA) is 114 Å². The number of anilines is 2. The SMILES string of the molecule is C[NH+]1CCc2c(sc(NC(=O)c3ccc(N4C(=O)CCC4=O)cc3)c2C(N)=O)C1. The average Bonchev–Trinajstić information content (AvgIpc) is 3.20. The van der Waals surface area contributed by atoms with E-state index in [2.05, 4.69) is 12.4 Å². The molecule has 8 nitrogen and oxygen atoms in total. The minimum absolute atomic E-state index is 0.205.